The summed E-state index contributed by atoms with van der Waals surface area (Å²) in [4.78, 5) is 52.3. The van der Waals surface area contributed by atoms with E-state index in [1.807, 2.05) is 19.1 Å². The number of imide groups is 1. The number of nitrogens with one attached hydrogen (secondary N) is 1. The highest BCUT2D eigenvalue weighted by molar-refractivity contribution is 9.12. The summed E-state index contributed by atoms with van der Waals surface area (Å²) in [7, 11) is 0. The number of carbonyl (C=O) groups excluding carboxylic acids is 4. The number of hydrogen-bond acceptors (Lipinski definition) is 5. The highest BCUT2D eigenvalue weighted by Gasteiger charge is 2.67. The van der Waals surface area contributed by atoms with Gasteiger partial charge in [-0.3, -0.25) is 19.3 Å². The molecule has 3 aliphatic rings. The van der Waals surface area contributed by atoms with Crippen LogP contribution in [0.15, 0.2) is 22.7 Å². The predicted molar refractivity (Wildman–Crippen MR) is 128 cm³/mol. The van der Waals surface area contributed by atoms with Crippen LogP contribution in [0.2, 0.25) is 0 Å². The maximum absolute atomic E-state index is 13.0. The zero-order valence-electron chi connectivity index (χ0n) is 17.5. The number of amides is 3. The minimum absolute atomic E-state index is 0.0727. The van der Waals surface area contributed by atoms with Gasteiger partial charge in [0.05, 0.1) is 11.8 Å². The number of nitrogens with zero attached hydrogens (tertiary/aromatic N) is 1. The van der Waals surface area contributed by atoms with Crippen molar-refractivity contribution >= 4 is 77.2 Å². The molecule has 1 aliphatic heterocycles. The van der Waals surface area contributed by atoms with Crippen molar-refractivity contribution < 1.29 is 23.9 Å². The van der Waals surface area contributed by atoms with Gasteiger partial charge in [-0.1, -0.05) is 54.7 Å². The van der Waals surface area contributed by atoms with Gasteiger partial charge in [0.2, 0.25) is 11.8 Å². The highest BCUT2D eigenvalue weighted by Crippen LogP contribution is 2.60. The van der Waals surface area contributed by atoms with E-state index in [1.54, 1.807) is 6.07 Å². The number of carbonyl (C=O) groups is 4. The Kier molecular flexibility index (Phi) is 6.85. The molecule has 0 unspecified atom stereocenters. The van der Waals surface area contributed by atoms with Crippen LogP contribution in [0.5, 0.6) is 0 Å². The number of rotatable bonds is 6. The SMILES string of the molecule is CCc1cc(Br)ccc1NC(=O)COC(=O)[C@H](C)N1C(=O)[C@@H]2[C@H]3C[C@@H]([C@@H](Br)[C@H]3Br)[C@H]2C1=O. The summed E-state index contributed by atoms with van der Waals surface area (Å²) in [6.07, 6.45) is 1.54. The molecule has 1 saturated heterocycles. The molecule has 10 heteroatoms. The molecule has 1 heterocycles. The lowest BCUT2D eigenvalue weighted by molar-refractivity contribution is -0.159. The number of ether oxygens (including phenoxy) is 1. The van der Waals surface area contributed by atoms with E-state index in [9.17, 15) is 19.2 Å². The lowest BCUT2D eigenvalue weighted by Crippen LogP contribution is -2.45. The predicted octanol–water partition coefficient (Wildman–Crippen LogP) is 3.66. The fourth-order valence-electron chi connectivity index (χ4n) is 5.28. The summed E-state index contributed by atoms with van der Waals surface area (Å²) >= 11 is 10.7. The van der Waals surface area contributed by atoms with E-state index in [0.29, 0.717) is 5.69 Å². The van der Waals surface area contributed by atoms with Crippen LogP contribution in [0.3, 0.4) is 0 Å². The molecule has 1 N–H and O–H groups in total. The van der Waals surface area contributed by atoms with Crippen molar-refractivity contribution in [2.24, 2.45) is 23.7 Å². The first-order chi connectivity index (χ1) is 15.1. The highest BCUT2D eigenvalue weighted by atomic mass is 79.9. The monoisotopic (exact) mass is 632 g/mol. The Morgan fingerprint density at radius 3 is 2.31 bits per heavy atom. The third kappa shape index (κ3) is 3.96. The fourth-order valence-corrected chi connectivity index (χ4v) is 7.56. The number of aryl methyl sites for hydroxylation is 1. The Morgan fingerprint density at radius 2 is 1.75 bits per heavy atom. The van der Waals surface area contributed by atoms with Crippen LogP contribution in [0.4, 0.5) is 5.69 Å². The Hall–Kier alpha value is -1.26. The van der Waals surface area contributed by atoms with Crippen molar-refractivity contribution in [3.05, 3.63) is 28.2 Å². The minimum Gasteiger partial charge on any atom is -0.454 e. The molecule has 1 aromatic carbocycles. The van der Waals surface area contributed by atoms with Gasteiger partial charge in [0.1, 0.15) is 6.04 Å². The topological polar surface area (TPSA) is 92.8 Å². The van der Waals surface area contributed by atoms with Crippen molar-refractivity contribution in [3.63, 3.8) is 0 Å². The van der Waals surface area contributed by atoms with Crippen molar-refractivity contribution in [2.45, 2.75) is 42.4 Å². The number of fused-ring (bicyclic) bond motifs is 5. The van der Waals surface area contributed by atoms with E-state index in [2.05, 4.69) is 53.1 Å². The molecule has 3 amide bonds. The molecule has 7 nitrogen and oxygen atoms in total. The van der Waals surface area contributed by atoms with Crippen LogP contribution < -0.4 is 5.32 Å². The molecule has 32 heavy (non-hydrogen) atoms. The molecule has 2 aliphatic carbocycles. The molecular weight excluding hydrogens is 612 g/mol. The average Bonchev–Trinajstić information content (AvgIpc) is 3.37. The standard InChI is InChI=1S/C22H23Br3N2O5/c1-3-10-6-11(23)4-5-14(10)26-15(28)8-32-22(31)9(2)27-20(29)16-12-7-13(17(16)21(27)30)19(25)18(12)24/h4-6,9,12-13,16-19H,3,7-8H2,1-2H3,(H,26,28)/t9-,12+,13+,16+,17+,18-,19+/m0/s1. The van der Waals surface area contributed by atoms with Gasteiger partial charge >= 0.3 is 5.97 Å². The molecule has 2 bridgehead atoms. The van der Waals surface area contributed by atoms with Crippen molar-refractivity contribution in [3.8, 4) is 0 Å². The van der Waals surface area contributed by atoms with E-state index in [1.165, 1.54) is 6.92 Å². The van der Waals surface area contributed by atoms with E-state index in [-0.39, 0.29) is 33.3 Å². The van der Waals surface area contributed by atoms with Gasteiger partial charge in [0.15, 0.2) is 6.61 Å². The van der Waals surface area contributed by atoms with E-state index in [0.717, 1.165) is 27.8 Å². The number of benzene rings is 1. The molecule has 0 aromatic heterocycles. The first-order valence-corrected chi connectivity index (χ1v) is 13.2. The molecule has 2 saturated carbocycles. The molecule has 4 rings (SSSR count). The number of esters is 1. The largest absolute Gasteiger partial charge is 0.454 e. The first-order valence-electron chi connectivity index (χ1n) is 10.6. The van der Waals surface area contributed by atoms with Gasteiger partial charge in [0, 0.05) is 19.8 Å². The van der Waals surface area contributed by atoms with Gasteiger partial charge in [0.25, 0.3) is 5.91 Å². The molecular formula is C22H23Br3N2O5. The van der Waals surface area contributed by atoms with Gasteiger partial charge in [-0.25, -0.2) is 4.79 Å². The van der Waals surface area contributed by atoms with Gasteiger partial charge in [-0.05, 0) is 55.4 Å². The maximum Gasteiger partial charge on any atom is 0.329 e. The van der Waals surface area contributed by atoms with E-state index < -0.39 is 36.4 Å². The van der Waals surface area contributed by atoms with Crippen LogP contribution in [-0.2, 0) is 30.3 Å². The van der Waals surface area contributed by atoms with Gasteiger partial charge in [-0.2, -0.15) is 0 Å². The maximum atomic E-state index is 13.0. The van der Waals surface area contributed by atoms with E-state index >= 15 is 0 Å². The van der Waals surface area contributed by atoms with Crippen molar-refractivity contribution in [1.29, 1.82) is 0 Å². The Bertz CT molecular complexity index is 954. The zero-order valence-corrected chi connectivity index (χ0v) is 22.3. The second kappa shape index (κ2) is 9.18. The quantitative estimate of drug-likeness (QED) is 0.293. The van der Waals surface area contributed by atoms with E-state index in [4.69, 9.17) is 4.74 Å². The normalized spacial score (nSPS) is 31.6. The molecule has 3 fully saturated rings. The minimum atomic E-state index is -1.07. The summed E-state index contributed by atoms with van der Waals surface area (Å²) in [6.45, 7) is 2.95. The van der Waals surface area contributed by atoms with Crippen molar-refractivity contribution in [1.82, 2.24) is 4.90 Å². The van der Waals surface area contributed by atoms with Crippen LogP contribution in [0, 0.1) is 23.7 Å². The average molecular weight is 635 g/mol. The smallest absolute Gasteiger partial charge is 0.329 e. The number of alkyl halides is 2. The van der Waals surface area contributed by atoms with Gasteiger partial charge < -0.3 is 10.1 Å². The molecule has 7 atom stereocenters. The number of hydrogen-bond donors (Lipinski definition) is 1. The lowest BCUT2D eigenvalue weighted by atomic mass is 9.81. The molecule has 0 radical (unpaired) electrons. The Labute approximate surface area is 211 Å². The van der Waals surface area contributed by atoms with Crippen LogP contribution in [0.25, 0.3) is 0 Å². The summed E-state index contributed by atoms with van der Waals surface area (Å²) in [5.41, 5.74) is 1.59. The van der Waals surface area contributed by atoms with Crippen LogP contribution >= 0.6 is 47.8 Å². The fraction of sp³-hybridized carbons (Fsp3) is 0.545. The summed E-state index contributed by atoms with van der Waals surface area (Å²) in [5, 5.41) is 2.74. The summed E-state index contributed by atoms with van der Waals surface area (Å²) in [5.74, 6) is -2.53. The lowest BCUT2D eigenvalue weighted by Gasteiger charge is -2.28. The Morgan fingerprint density at radius 1 is 1.16 bits per heavy atom. The second-order valence-corrected chi connectivity index (χ2v) is 11.6. The zero-order chi connectivity index (χ0) is 23.3. The Balaban J connectivity index is 1.37. The van der Waals surface area contributed by atoms with Crippen LogP contribution in [0.1, 0.15) is 25.8 Å². The third-order valence-corrected chi connectivity index (χ3v) is 10.5. The molecule has 0 spiro atoms. The third-order valence-electron chi connectivity index (χ3n) is 6.82. The first kappa shape index (κ1) is 23.9. The second-order valence-electron chi connectivity index (χ2n) is 8.54. The summed E-state index contributed by atoms with van der Waals surface area (Å²) < 4.78 is 6.06. The molecule has 172 valence electrons. The number of halogens is 3. The summed E-state index contributed by atoms with van der Waals surface area (Å²) in [6, 6.07) is 4.42. The van der Waals surface area contributed by atoms with Crippen LogP contribution in [-0.4, -0.2) is 50.9 Å². The number of anilines is 1. The molecule has 1 aromatic rings. The van der Waals surface area contributed by atoms with Gasteiger partial charge in [-0.15, -0.1) is 0 Å². The number of likely N-dealkylation sites (tertiary alicyclic amines) is 1. The van der Waals surface area contributed by atoms with Crippen molar-refractivity contribution in [2.75, 3.05) is 11.9 Å².